The Kier molecular flexibility index (Phi) is 6.59. The lowest BCUT2D eigenvalue weighted by Crippen LogP contribution is -2.23. The summed E-state index contributed by atoms with van der Waals surface area (Å²) in [7, 11) is 0. The molecule has 0 atom stereocenters. The minimum atomic E-state index is -0.0846. The van der Waals surface area contributed by atoms with E-state index in [4.69, 9.17) is 21.6 Å². The topological polar surface area (TPSA) is 97.5 Å². The number of guanidine groups is 1. The number of ether oxygens (including phenoxy) is 1. The molecule has 0 spiro atoms. The van der Waals surface area contributed by atoms with Crippen LogP contribution in [0, 0.1) is 5.41 Å². The van der Waals surface area contributed by atoms with Gasteiger partial charge in [0.25, 0.3) is 0 Å². The van der Waals surface area contributed by atoms with Gasteiger partial charge in [-0.2, -0.15) is 4.99 Å². The van der Waals surface area contributed by atoms with Crippen LogP contribution >= 0.6 is 27.7 Å². The highest BCUT2D eigenvalue weighted by atomic mass is 79.9. The molecule has 0 amide bonds. The fraction of sp³-hybridized carbons (Fsp3) is 0.273. The number of halogens is 1. The zero-order valence-electron chi connectivity index (χ0n) is 9.73. The van der Waals surface area contributed by atoms with E-state index in [1.165, 1.54) is 11.8 Å². The van der Waals surface area contributed by atoms with Crippen molar-refractivity contribution in [2.75, 3.05) is 12.4 Å². The van der Waals surface area contributed by atoms with Gasteiger partial charge in [-0.15, -0.1) is 0 Å². The van der Waals surface area contributed by atoms with Crippen molar-refractivity contribution in [3.63, 3.8) is 0 Å². The van der Waals surface area contributed by atoms with Gasteiger partial charge in [0.05, 0.1) is 6.61 Å². The molecule has 0 aromatic heterocycles. The van der Waals surface area contributed by atoms with Gasteiger partial charge in [0.1, 0.15) is 5.75 Å². The van der Waals surface area contributed by atoms with Gasteiger partial charge < -0.3 is 16.2 Å². The number of hydrogen-bond acceptors (Lipinski definition) is 3. The van der Waals surface area contributed by atoms with Crippen LogP contribution in [0.2, 0.25) is 0 Å². The van der Waals surface area contributed by atoms with E-state index in [2.05, 4.69) is 20.9 Å². The van der Waals surface area contributed by atoms with Gasteiger partial charge in [0, 0.05) is 10.2 Å². The predicted molar refractivity (Wildman–Crippen MR) is 80.2 cm³/mol. The third-order valence-corrected chi connectivity index (χ3v) is 3.23. The molecule has 1 aromatic rings. The Morgan fingerprint density at radius 2 is 2.00 bits per heavy atom. The van der Waals surface area contributed by atoms with E-state index in [-0.39, 0.29) is 11.1 Å². The van der Waals surface area contributed by atoms with E-state index in [0.29, 0.717) is 6.61 Å². The van der Waals surface area contributed by atoms with Gasteiger partial charge in [-0.25, -0.2) is 0 Å². The van der Waals surface area contributed by atoms with E-state index < -0.39 is 0 Å². The second kappa shape index (κ2) is 7.99. The molecule has 1 rings (SSSR count). The first-order chi connectivity index (χ1) is 8.58. The van der Waals surface area contributed by atoms with Crippen LogP contribution < -0.4 is 16.2 Å². The molecule has 0 aliphatic rings. The van der Waals surface area contributed by atoms with Crippen molar-refractivity contribution in [1.82, 2.24) is 0 Å². The Bertz CT molecular complexity index is 418. The molecule has 18 heavy (non-hydrogen) atoms. The largest absolute Gasteiger partial charge is 0.494 e. The fourth-order valence-corrected chi connectivity index (χ4v) is 1.99. The average Bonchev–Trinajstić information content (AvgIpc) is 2.30. The summed E-state index contributed by atoms with van der Waals surface area (Å²) in [6, 6.07) is 7.66. The summed E-state index contributed by atoms with van der Waals surface area (Å²) in [6.07, 6.45) is 0.823. The SMILES string of the molecule is N=C(N=C(N)N)SCCCOc1ccc(Br)cc1. The van der Waals surface area contributed by atoms with Crippen molar-refractivity contribution in [2.24, 2.45) is 16.5 Å². The standard InChI is InChI=1S/C11H15BrN4OS/c12-8-2-4-9(5-3-8)17-6-1-7-18-11(15)16-10(13)14/h2-5H,1,6-7H2,(H5,13,14,15,16). The van der Waals surface area contributed by atoms with Crippen molar-refractivity contribution in [2.45, 2.75) is 6.42 Å². The zero-order valence-corrected chi connectivity index (χ0v) is 12.1. The lowest BCUT2D eigenvalue weighted by molar-refractivity contribution is 0.319. The molecule has 1 aromatic carbocycles. The molecular weight excluding hydrogens is 316 g/mol. The van der Waals surface area contributed by atoms with Crippen molar-refractivity contribution >= 4 is 38.8 Å². The number of aliphatic imine (C=N–C) groups is 1. The number of thioether (sulfide) groups is 1. The maximum atomic E-state index is 7.41. The van der Waals surface area contributed by atoms with Crippen molar-refractivity contribution in [3.8, 4) is 5.75 Å². The van der Waals surface area contributed by atoms with Gasteiger partial charge in [0.15, 0.2) is 11.1 Å². The number of nitrogens with zero attached hydrogens (tertiary/aromatic N) is 1. The van der Waals surface area contributed by atoms with Crippen LogP contribution in [-0.4, -0.2) is 23.5 Å². The molecule has 0 fully saturated rings. The summed E-state index contributed by atoms with van der Waals surface area (Å²) < 4.78 is 6.56. The van der Waals surface area contributed by atoms with Gasteiger partial charge in [-0.1, -0.05) is 27.7 Å². The van der Waals surface area contributed by atoms with Crippen molar-refractivity contribution in [1.29, 1.82) is 5.41 Å². The molecule has 0 heterocycles. The Hall–Kier alpha value is -1.21. The second-order valence-electron chi connectivity index (χ2n) is 3.35. The van der Waals surface area contributed by atoms with E-state index in [1.807, 2.05) is 24.3 Å². The molecule has 98 valence electrons. The van der Waals surface area contributed by atoms with Gasteiger partial charge >= 0.3 is 0 Å². The Balaban J connectivity index is 2.14. The van der Waals surface area contributed by atoms with Crippen LogP contribution in [-0.2, 0) is 0 Å². The number of benzene rings is 1. The predicted octanol–water partition coefficient (Wildman–Crippen LogP) is 2.16. The minimum absolute atomic E-state index is 0.0846. The van der Waals surface area contributed by atoms with Crippen LogP contribution in [0.25, 0.3) is 0 Å². The van der Waals surface area contributed by atoms with Crippen molar-refractivity contribution < 1.29 is 4.74 Å². The number of amidine groups is 1. The molecule has 5 N–H and O–H groups in total. The number of rotatable bonds is 5. The summed E-state index contributed by atoms with van der Waals surface area (Å²) in [5.74, 6) is 1.49. The summed E-state index contributed by atoms with van der Waals surface area (Å²) in [5.41, 5.74) is 10.3. The highest BCUT2D eigenvalue weighted by Crippen LogP contribution is 2.16. The van der Waals surface area contributed by atoms with E-state index >= 15 is 0 Å². The highest BCUT2D eigenvalue weighted by molar-refractivity contribution is 9.10. The zero-order chi connectivity index (χ0) is 13.4. The summed E-state index contributed by atoms with van der Waals surface area (Å²) >= 11 is 4.65. The van der Waals surface area contributed by atoms with Crippen LogP contribution in [0.3, 0.4) is 0 Å². The summed E-state index contributed by atoms with van der Waals surface area (Å²) in [4.78, 5) is 3.62. The molecule has 0 saturated heterocycles. The second-order valence-corrected chi connectivity index (χ2v) is 5.35. The number of nitrogens with one attached hydrogen (secondary N) is 1. The minimum Gasteiger partial charge on any atom is -0.494 e. The lowest BCUT2D eigenvalue weighted by atomic mass is 10.3. The Labute approximate surface area is 119 Å². The first-order valence-corrected chi connectivity index (χ1v) is 7.05. The molecule has 0 bridgehead atoms. The quantitative estimate of drug-likeness (QED) is 0.437. The van der Waals surface area contributed by atoms with E-state index in [9.17, 15) is 0 Å². The van der Waals surface area contributed by atoms with Crippen LogP contribution in [0.5, 0.6) is 5.75 Å². The molecule has 5 nitrogen and oxygen atoms in total. The lowest BCUT2D eigenvalue weighted by Gasteiger charge is -2.05. The molecule has 0 radical (unpaired) electrons. The Morgan fingerprint density at radius 3 is 2.61 bits per heavy atom. The first-order valence-electron chi connectivity index (χ1n) is 5.27. The summed E-state index contributed by atoms with van der Waals surface area (Å²) in [6.45, 7) is 0.601. The van der Waals surface area contributed by atoms with E-state index in [0.717, 1.165) is 22.4 Å². The van der Waals surface area contributed by atoms with Gasteiger partial charge in [-0.3, -0.25) is 5.41 Å². The fourth-order valence-electron chi connectivity index (χ4n) is 1.10. The molecule has 0 aliphatic carbocycles. The van der Waals surface area contributed by atoms with Gasteiger partial charge in [0.2, 0.25) is 0 Å². The molecule has 0 aliphatic heterocycles. The van der Waals surface area contributed by atoms with Crippen molar-refractivity contribution in [3.05, 3.63) is 28.7 Å². The Morgan fingerprint density at radius 1 is 1.33 bits per heavy atom. The first kappa shape index (κ1) is 14.8. The maximum Gasteiger partial charge on any atom is 0.193 e. The third-order valence-electron chi connectivity index (χ3n) is 1.84. The molecule has 0 saturated carbocycles. The molecule has 7 heteroatoms. The van der Waals surface area contributed by atoms with E-state index in [1.54, 1.807) is 0 Å². The summed E-state index contributed by atoms with van der Waals surface area (Å²) in [5, 5.41) is 7.54. The molecular formula is C11H15BrN4OS. The number of nitrogens with two attached hydrogens (primary N) is 2. The van der Waals surface area contributed by atoms with Gasteiger partial charge in [-0.05, 0) is 30.7 Å². The van der Waals surface area contributed by atoms with Crippen LogP contribution in [0.15, 0.2) is 33.7 Å². The monoisotopic (exact) mass is 330 g/mol. The van der Waals surface area contributed by atoms with Crippen LogP contribution in [0.1, 0.15) is 6.42 Å². The highest BCUT2D eigenvalue weighted by Gasteiger charge is 1.97. The molecule has 0 unspecified atom stereocenters. The maximum absolute atomic E-state index is 7.41. The third kappa shape index (κ3) is 6.51. The smallest absolute Gasteiger partial charge is 0.193 e. The number of hydrogen-bond donors (Lipinski definition) is 3. The normalized spacial score (nSPS) is 9.83. The van der Waals surface area contributed by atoms with Crippen LogP contribution in [0.4, 0.5) is 0 Å². The average molecular weight is 331 g/mol.